The third kappa shape index (κ3) is 1.73. The average molecular weight is 224 g/mol. The van der Waals surface area contributed by atoms with E-state index in [2.05, 4.69) is 4.90 Å². The summed E-state index contributed by atoms with van der Waals surface area (Å²) in [4.78, 5) is 16.6. The monoisotopic (exact) mass is 224 g/mol. The lowest BCUT2D eigenvalue weighted by Gasteiger charge is -2.32. The smallest absolute Gasteiger partial charge is 0.241 e. The average Bonchev–Trinajstić information content (AvgIpc) is 3.03. The maximum Gasteiger partial charge on any atom is 0.241 e. The summed E-state index contributed by atoms with van der Waals surface area (Å²) < 4.78 is 0. The normalized spacial score (nSPS) is 39.3. The number of rotatable bonds is 1. The van der Waals surface area contributed by atoms with E-state index < -0.39 is 0 Å². The third-order valence-corrected chi connectivity index (χ3v) is 4.10. The maximum absolute atomic E-state index is 12.3. The minimum atomic E-state index is 0.215. The SMILES string of the molecule is NN1CCN(C(=O)C2C3CCCCN32)CC1. The second kappa shape index (κ2) is 3.98. The predicted octanol–water partition coefficient (Wildman–Crippen LogP) is -0.759. The van der Waals surface area contributed by atoms with Crippen molar-refractivity contribution in [3.8, 4) is 0 Å². The van der Waals surface area contributed by atoms with E-state index in [4.69, 9.17) is 5.84 Å². The van der Waals surface area contributed by atoms with Crippen LogP contribution in [0.3, 0.4) is 0 Å². The van der Waals surface area contributed by atoms with Gasteiger partial charge in [-0.05, 0) is 19.4 Å². The van der Waals surface area contributed by atoms with Crippen molar-refractivity contribution in [1.82, 2.24) is 14.8 Å². The highest BCUT2D eigenvalue weighted by molar-refractivity contribution is 5.86. The van der Waals surface area contributed by atoms with Crippen molar-refractivity contribution in [2.24, 2.45) is 5.84 Å². The van der Waals surface area contributed by atoms with Gasteiger partial charge in [0.15, 0.2) is 0 Å². The Balaban J connectivity index is 1.57. The summed E-state index contributed by atoms with van der Waals surface area (Å²) in [6, 6.07) is 0.781. The van der Waals surface area contributed by atoms with Crippen molar-refractivity contribution in [2.45, 2.75) is 31.3 Å². The van der Waals surface area contributed by atoms with Crippen LogP contribution in [0.2, 0.25) is 0 Å². The molecule has 5 heteroatoms. The van der Waals surface area contributed by atoms with E-state index >= 15 is 0 Å². The van der Waals surface area contributed by atoms with E-state index in [9.17, 15) is 4.79 Å². The molecule has 1 amide bonds. The van der Waals surface area contributed by atoms with Crippen LogP contribution in [-0.2, 0) is 4.79 Å². The standard InChI is InChI=1S/C11H20N4O/c12-14-7-5-13(6-8-14)11(16)10-9-3-1-2-4-15(9)10/h9-10H,1-8,12H2. The largest absolute Gasteiger partial charge is 0.339 e. The van der Waals surface area contributed by atoms with Crippen molar-refractivity contribution in [1.29, 1.82) is 0 Å². The number of hydrogen-bond acceptors (Lipinski definition) is 4. The second-order valence-corrected chi connectivity index (χ2v) is 5.11. The van der Waals surface area contributed by atoms with Crippen LogP contribution < -0.4 is 5.84 Å². The molecular formula is C11H20N4O. The molecule has 0 saturated carbocycles. The van der Waals surface area contributed by atoms with Crippen LogP contribution in [0.15, 0.2) is 0 Å². The molecule has 2 N–H and O–H groups in total. The van der Waals surface area contributed by atoms with E-state index in [0.29, 0.717) is 11.9 Å². The lowest BCUT2D eigenvalue weighted by molar-refractivity contribution is -0.133. The molecular weight excluding hydrogens is 204 g/mol. The lowest BCUT2D eigenvalue weighted by Crippen LogP contribution is -2.52. The first-order valence-corrected chi connectivity index (χ1v) is 6.31. The highest BCUT2D eigenvalue weighted by atomic mass is 16.2. The van der Waals surface area contributed by atoms with Crippen LogP contribution >= 0.6 is 0 Å². The molecule has 3 rings (SSSR count). The third-order valence-electron chi connectivity index (χ3n) is 4.10. The Morgan fingerprint density at radius 2 is 1.81 bits per heavy atom. The Hall–Kier alpha value is -0.650. The summed E-state index contributed by atoms with van der Waals surface area (Å²) >= 11 is 0. The number of nitrogens with two attached hydrogens (primary N) is 1. The Morgan fingerprint density at radius 1 is 1.06 bits per heavy atom. The molecule has 3 unspecified atom stereocenters. The summed E-state index contributed by atoms with van der Waals surface area (Å²) in [5.41, 5.74) is 0. The minimum absolute atomic E-state index is 0.215. The molecule has 3 saturated heterocycles. The molecule has 0 aliphatic carbocycles. The fraction of sp³-hybridized carbons (Fsp3) is 0.909. The summed E-state index contributed by atoms with van der Waals surface area (Å²) in [6.45, 7) is 4.34. The molecule has 0 aromatic carbocycles. The Morgan fingerprint density at radius 3 is 2.44 bits per heavy atom. The topological polar surface area (TPSA) is 52.6 Å². The van der Waals surface area contributed by atoms with Gasteiger partial charge in [-0.15, -0.1) is 0 Å². The van der Waals surface area contributed by atoms with Gasteiger partial charge in [-0.2, -0.15) is 0 Å². The van der Waals surface area contributed by atoms with E-state index in [0.717, 1.165) is 32.7 Å². The van der Waals surface area contributed by atoms with Gasteiger partial charge in [0.25, 0.3) is 0 Å². The number of piperidine rings is 1. The van der Waals surface area contributed by atoms with E-state index in [-0.39, 0.29) is 6.04 Å². The Kier molecular flexibility index (Phi) is 2.61. The Bertz CT molecular complexity index is 276. The van der Waals surface area contributed by atoms with Gasteiger partial charge in [0.05, 0.1) is 0 Å². The number of carbonyl (C=O) groups is 1. The Labute approximate surface area is 96.1 Å². The van der Waals surface area contributed by atoms with Gasteiger partial charge in [-0.25, -0.2) is 5.01 Å². The van der Waals surface area contributed by atoms with Crippen LogP contribution in [0.25, 0.3) is 0 Å². The van der Waals surface area contributed by atoms with Crippen LogP contribution in [0.5, 0.6) is 0 Å². The fourth-order valence-corrected chi connectivity index (χ4v) is 3.04. The zero-order chi connectivity index (χ0) is 11.1. The highest BCUT2D eigenvalue weighted by Gasteiger charge is 2.54. The summed E-state index contributed by atoms with van der Waals surface area (Å²) in [6.07, 6.45) is 3.77. The number of nitrogens with zero attached hydrogens (tertiary/aromatic N) is 3. The molecule has 0 radical (unpaired) electrons. The van der Waals surface area contributed by atoms with E-state index in [1.807, 2.05) is 4.90 Å². The molecule has 3 atom stereocenters. The quantitative estimate of drug-likeness (QED) is 0.470. The van der Waals surface area contributed by atoms with Crippen LogP contribution in [0.1, 0.15) is 19.3 Å². The van der Waals surface area contributed by atoms with Gasteiger partial charge in [-0.1, -0.05) is 6.42 Å². The van der Waals surface area contributed by atoms with Crippen molar-refractivity contribution >= 4 is 5.91 Å². The van der Waals surface area contributed by atoms with Crippen LogP contribution in [0.4, 0.5) is 0 Å². The molecule has 3 aliphatic heterocycles. The zero-order valence-corrected chi connectivity index (χ0v) is 9.64. The summed E-state index contributed by atoms with van der Waals surface area (Å²) in [5.74, 6) is 6.04. The molecule has 0 spiro atoms. The van der Waals surface area contributed by atoms with Gasteiger partial charge < -0.3 is 4.90 Å². The van der Waals surface area contributed by atoms with Gasteiger partial charge in [-0.3, -0.25) is 15.5 Å². The summed E-state index contributed by atoms with van der Waals surface area (Å²) in [7, 11) is 0. The molecule has 0 aromatic rings. The van der Waals surface area contributed by atoms with Gasteiger partial charge in [0.1, 0.15) is 6.04 Å². The molecule has 3 aliphatic rings. The maximum atomic E-state index is 12.3. The number of fused-ring (bicyclic) bond motifs is 1. The number of piperazine rings is 1. The highest BCUT2D eigenvalue weighted by Crippen LogP contribution is 2.37. The minimum Gasteiger partial charge on any atom is -0.339 e. The zero-order valence-electron chi connectivity index (χ0n) is 9.64. The van der Waals surface area contributed by atoms with Crippen LogP contribution in [-0.4, -0.2) is 65.5 Å². The predicted molar refractivity (Wildman–Crippen MR) is 60.5 cm³/mol. The molecule has 16 heavy (non-hydrogen) atoms. The molecule has 3 heterocycles. The van der Waals surface area contributed by atoms with Crippen molar-refractivity contribution in [3.63, 3.8) is 0 Å². The number of amides is 1. The molecule has 0 bridgehead atoms. The van der Waals surface area contributed by atoms with Gasteiger partial charge >= 0.3 is 0 Å². The molecule has 5 nitrogen and oxygen atoms in total. The van der Waals surface area contributed by atoms with Crippen molar-refractivity contribution in [3.05, 3.63) is 0 Å². The van der Waals surface area contributed by atoms with Gasteiger partial charge in [0.2, 0.25) is 5.91 Å². The molecule has 90 valence electrons. The van der Waals surface area contributed by atoms with Crippen molar-refractivity contribution < 1.29 is 4.79 Å². The van der Waals surface area contributed by atoms with E-state index in [1.54, 1.807) is 5.01 Å². The van der Waals surface area contributed by atoms with Gasteiger partial charge in [0, 0.05) is 32.2 Å². The molecule has 0 aromatic heterocycles. The van der Waals surface area contributed by atoms with Crippen molar-refractivity contribution in [2.75, 3.05) is 32.7 Å². The second-order valence-electron chi connectivity index (χ2n) is 5.11. The lowest BCUT2D eigenvalue weighted by atomic mass is 10.1. The van der Waals surface area contributed by atoms with E-state index in [1.165, 1.54) is 19.3 Å². The number of carbonyl (C=O) groups excluding carboxylic acids is 1. The first-order valence-electron chi connectivity index (χ1n) is 6.31. The van der Waals surface area contributed by atoms with Crippen LogP contribution in [0, 0.1) is 0 Å². The molecule has 3 fully saturated rings. The number of hydrogen-bond donors (Lipinski definition) is 1. The first-order chi connectivity index (χ1) is 7.77. The fourth-order valence-electron chi connectivity index (χ4n) is 3.04. The number of hydrazine groups is 1. The first kappa shape index (κ1) is 10.5. The summed E-state index contributed by atoms with van der Waals surface area (Å²) in [5, 5.41) is 1.80.